The third-order valence-corrected chi connectivity index (χ3v) is 6.46. The topological polar surface area (TPSA) is 104 Å². The Morgan fingerprint density at radius 3 is 2.89 bits per heavy atom. The average molecular weight is 389 g/mol. The van der Waals surface area contributed by atoms with Crippen molar-refractivity contribution in [3.05, 3.63) is 48.3 Å². The van der Waals surface area contributed by atoms with Gasteiger partial charge in [0.25, 0.3) is 5.91 Å². The van der Waals surface area contributed by atoms with Crippen molar-refractivity contribution < 1.29 is 23.0 Å². The number of benzene rings is 1. The summed E-state index contributed by atoms with van der Waals surface area (Å²) in [6.45, 7) is 0.819. The van der Waals surface area contributed by atoms with Crippen molar-refractivity contribution in [1.29, 1.82) is 0 Å². The van der Waals surface area contributed by atoms with Gasteiger partial charge in [-0.05, 0) is 30.7 Å². The molecule has 0 bridgehead atoms. The number of hydrogen-bond donors (Lipinski definition) is 1. The van der Waals surface area contributed by atoms with Crippen molar-refractivity contribution in [3.63, 3.8) is 0 Å². The number of methoxy groups -OCH3 is 1. The largest absolute Gasteiger partial charge is 0.593 e. The SMILES string of the molecule is COc1ccc(C(=O)N2CCC3(COc4ccncc4[S+](=O)([O-])N3)C2)cc1. The summed E-state index contributed by atoms with van der Waals surface area (Å²) in [5.41, 5.74) is -0.335. The van der Waals surface area contributed by atoms with Crippen LogP contribution in [0.15, 0.2) is 47.6 Å². The van der Waals surface area contributed by atoms with Gasteiger partial charge in [0.2, 0.25) is 4.90 Å². The summed E-state index contributed by atoms with van der Waals surface area (Å²) in [7, 11) is -2.22. The lowest BCUT2D eigenvalue weighted by Crippen LogP contribution is -2.55. The predicted octanol–water partition coefficient (Wildman–Crippen LogP) is 1.26. The van der Waals surface area contributed by atoms with E-state index in [9.17, 15) is 13.6 Å². The Morgan fingerprint density at radius 2 is 2.15 bits per heavy atom. The highest BCUT2D eigenvalue weighted by Crippen LogP contribution is 2.34. The molecule has 27 heavy (non-hydrogen) atoms. The molecule has 9 heteroatoms. The Bertz CT molecular complexity index is 919. The number of carbonyl (C=O) groups is 1. The number of aromatic nitrogens is 1. The van der Waals surface area contributed by atoms with Gasteiger partial charge in [-0.25, -0.2) is 0 Å². The van der Waals surface area contributed by atoms with Crippen molar-refractivity contribution >= 4 is 16.3 Å². The molecule has 2 aromatic rings. The highest BCUT2D eigenvalue weighted by Gasteiger charge is 2.49. The van der Waals surface area contributed by atoms with Crippen LogP contribution in [0.3, 0.4) is 0 Å². The molecule has 2 atom stereocenters. The molecule has 1 saturated heterocycles. The minimum atomic E-state index is -3.79. The Labute approximate surface area is 157 Å². The molecule has 4 rings (SSSR count). The molecule has 0 saturated carbocycles. The van der Waals surface area contributed by atoms with Gasteiger partial charge >= 0.3 is 0 Å². The summed E-state index contributed by atoms with van der Waals surface area (Å²) < 4.78 is 39.0. The number of amides is 1. The van der Waals surface area contributed by atoms with E-state index in [1.165, 1.54) is 18.5 Å². The molecular formula is C18H19N3O5S. The van der Waals surface area contributed by atoms with E-state index in [0.717, 1.165) is 0 Å². The highest BCUT2D eigenvalue weighted by atomic mass is 32.3. The molecule has 1 aromatic carbocycles. The van der Waals surface area contributed by atoms with Crippen LogP contribution in [-0.2, 0) is 14.6 Å². The van der Waals surface area contributed by atoms with Crippen molar-refractivity contribution in [2.45, 2.75) is 16.9 Å². The molecule has 1 N–H and O–H groups in total. The first-order valence-electron chi connectivity index (χ1n) is 8.47. The van der Waals surface area contributed by atoms with Gasteiger partial charge < -0.3 is 18.9 Å². The molecule has 142 valence electrons. The van der Waals surface area contributed by atoms with Crippen molar-refractivity contribution in [3.8, 4) is 11.5 Å². The normalized spacial score (nSPS) is 27.0. The number of rotatable bonds is 2. The number of nitrogens with zero attached hydrogens (tertiary/aromatic N) is 2. The maximum atomic E-state index is 12.8. The molecule has 2 aliphatic rings. The van der Waals surface area contributed by atoms with Crippen LogP contribution < -0.4 is 14.2 Å². The molecule has 0 radical (unpaired) electrons. The van der Waals surface area contributed by atoms with Crippen LogP contribution in [0.2, 0.25) is 0 Å². The third-order valence-electron chi connectivity index (χ3n) is 4.87. The summed E-state index contributed by atoms with van der Waals surface area (Å²) in [5, 5.41) is 0. The van der Waals surface area contributed by atoms with Crippen molar-refractivity contribution in [2.75, 3.05) is 26.8 Å². The average Bonchev–Trinajstić information content (AvgIpc) is 3.04. The minimum Gasteiger partial charge on any atom is -0.593 e. The zero-order valence-electron chi connectivity index (χ0n) is 14.7. The molecule has 1 amide bonds. The third kappa shape index (κ3) is 3.29. The lowest BCUT2D eigenvalue weighted by atomic mass is 10.0. The van der Waals surface area contributed by atoms with E-state index >= 15 is 0 Å². The van der Waals surface area contributed by atoms with Crippen LogP contribution in [0.25, 0.3) is 0 Å². The number of carbonyl (C=O) groups excluding carboxylic acids is 1. The quantitative estimate of drug-likeness (QED) is 0.776. The number of nitrogens with one attached hydrogen (secondary N) is 1. The number of sulfonamides is 1. The van der Waals surface area contributed by atoms with Gasteiger partial charge in [0.05, 0.1) is 13.3 Å². The van der Waals surface area contributed by atoms with Crippen LogP contribution in [0.5, 0.6) is 11.5 Å². The lowest BCUT2D eigenvalue weighted by molar-refractivity contribution is 0.0774. The van der Waals surface area contributed by atoms with Gasteiger partial charge in [0.1, 0.15) is 17.9 Å². The molecule has 8 nitrogen and oxygen atoms in total. The zero-order valence-corrected chi connectivity index (χ0v) is 15.5. The number of hydrogen-bond acceptors (Lipinski definition) is 6. The molecule has 1 spiro atoms. The zero-order chi connectivity index (χ0) is 19.1. The Balaban J connectivity index is 1.55. The standard InChI is InChI=1S/C18H19N3O5S/c1-25-14-4-2-13(3-5-14)17(22)21-9-7-18(11-21)12-26-15-6-8-19-10-16(15)27(23,24)20-18/h2-6,8,10H,7,9,11-12H2,1H3,(H-,20,23,24). The van der Waals surface area contributed by atoms with Crippen molar-refractivity contribution in [1.82, 2.24) is 14.6 Å². The maximum absolute atomic E-state index is 12.8. The van der Waals surface area contributed by atoms with E-state index in [1.54, 1.807) is 36.3 Å². The van der Waals surface area contributed by atoms with E-state index in [4.69, 9.17) is 9.47 Å². The number of fused-ring (bicyclic) bond motifs is 1. The van der Waals surface area contributed by atoms with E-state index in [-0.39, 0.29) is 29.7 Å². The van der Waals surface area contributed by atoms with Gasteiger partial charge in [0, 0.05) is 30.9 Å². The van der Waals surface area contributed by atoms with Gasteiger partial charge in [-0.2, -0.15) is 0 Å². The molecule has 0 aliphatic carbocycles. The van der Waals surface area contributed by atoms with Crippen LogP contribution in [-0.4, -0.2) is 52.7 Å². The summed E-state index contributed by atoms with van der Waals surface area (Å²) in [6.07, 6.45) is 3.22. The van der Waals surface area contributed by atoms with E-state index in [1.807, 2.05) is 0 Å². The smallest absolute Gasteiger partial charge is 0.253 e. The van der Waals surface area contributed by atoms with Crippen LogP contribution in [0, 0.1) is 0 Å². The van der Waals surface area contributed by atoms with Crippen LogP contribution in [0.1, 0.15) is 16.8 Å². The number of ether oxygens (including phenoxy) is 2. The first-order valence-corrected chi connectivity index (χ1v) is 9.95. The van der Waals surface area contributed by atoms with E-state index < -0.39 is 15.9 Å². The fourth-order valence-electron chi connectivity index (χ4n) is 3.44. The molecule has 1 aromatic heterocycles. The number of likely N-dealkylation sites (tertiary alicyclic amines) is 1. The summed E-state index contributed by atoms with van der Waals surface area (Å²) in [5.74, 6) is 0.784. The molecule has 3 heterocycles. The summed E-state index contributed by atoms with van der Waals surface area (Å²) in [4.78, 5) is 18.3. The molecular weight excluding hydrogens is 370 g/mol. The Kier molecular flexibility index (Phi) is 4.37. The fraction of sp³-hybridized carbons (Fsp3) is 0.333. The molecule has 1 fully saturated rings. The van der Waals surface area contributed by atoms with Crippen molar-refractivity contribution in [2.24, 2.45) is 0 Å². The molecule has 2 unspecified atom stereocenters. The minimum absolute atomic E-state index is 0.0156. The van der Waals surface area contributed by atoms with Gasteiger partial charge in [-0.1, -0.05) is 4.21 Å². The monoisotopic (exact) mass is 389 g/mol. The first-order chi connectivity index (χ1) is 12.9. The first kappa shape index (κ1) is 17.9. The van der Waals surface area contributed by atoms with Gasteiger partial charge in [-0.15, -0.1) is 4.72 Å². The van der Waals surface area contributed by atoms with E-state index in [0.29, 0.717) is 24.3 Å². The predicted molar refractivity (Wildman–Crippen MR) is 96.2 cm³/mol. The van der Waals surface area contributed by atoms with Gasteiger partial charge in [0.15, 0.2) is 16.1 Å². The van der Waals surface area contributed by atoms with Crippen LogP contribution in [0.4, 0.5) is 0 Å². The number of pyridine rings is 1. The fourth-order valence-corrected chi connectivity index (χ4v) is 4.93. The lowest BCUT2D eigenvalue weighted by Gasteiger charge is -2.28. The second-order valence-electron chi connectivity index (χ2n) is 6.70. The Hall–Kier alpha value is -2.49. The van der Waals surface area contributed by atoms with Gasteiger partial charge in [-0.3, -0.25) is 9.78 Å². The van der Waals surface area contributed by atoms with Crippen LogP contribution >= 0.6 is 0 Å². The highest BCUT2D eigenvalue weighted by molar-refractivity contribution is 7.96. The molecule has 2 aliphatic heterocycles. The van der Waals surface area contributed by atoms with E-state index in [2.05, 4.69) is 9.71 Å². The summed E-state index contributed by atoms with van der Waals surface area (Å²) in [6, 6.07) is 8.37. The maximum Gasteiger partial charge on any atom is 0.253 e. The Morgan fingerprint density at radius 1 is 1.37 bits per heavy atom. The summed E-state index contributed by atoms with van der Waals surface area (Å²) >= 11 is 0. The second-order valence-corrected chi connectivity index (χ2v) is 8.35. The second kappa shape index (κ2) is 6.59.